The van der Waals surface area contributed by atoms with Crippen molar-refractivity contribution in [3.8, 4) is 0 Å². The standard InChI is InChI=1S/C12H22N2O2S/c1-3-12(4-2,10(13)17)11(15)14-6-5-8-16-9-7-14/h3-9H2,1-2H3,(H2,13,17). The lowest BCUT2D eigenvalue weighted by Crippen LogP contribution is -2.50. The van der Waals surface area contributed by atoms with Gasteiger partial charge in [0.25, 0.3) is 0 Å². The first-order valence-corrected chi connectivity index (χ1v) is 6.66. The Morgan fingerprint density at radius 3 is 2.53 bits per heavy atom. The number of carbonyl (C=O) groups is 1. The minimum Gasteiger partial charge on any atom is -0.392 e. The number of rotatable bonds is 4. The van der Waals surface area contributed by atoms with Gasteiger partial charge in [-0.1, -0.05) is 26.1 Å². The minimum atomic E-state index is -0.667. The van der Waals surface area contributed by atoms with Crippen molar-refractivity contribution in [1.82, 2.24) is 4.90 Å². The van der Waals surface area contributed by atoms with Crippen molar-refractivity contribution in [1.29, 1.82) is 0 Å². The molecule has 0 radical (unpaired) electrons. The summed E-state index contributed by atoms with van der Waals surface area (Å²) in [5.74, 6) is 0.0699. The highest BCUT2D eigenvalue weighted by atomic mass is 32.1. The monoisotopic (exact) mass is 258 g/mol. The summed E-state index contributed by atoms with van der Waals surface area (Å²) in [6, 6.07) is 0. The second-order valence-corrected chi connectivity index (χ2v) is 4.85. The highest BCUT2D eigenvalue weighted by molar-refractivity contribution is 7.80. The average Bonchev–Trinajstić information content (AvgIpc) is 2.59. The van der Waals surface area contributed by atoms with Gasteiger partial charge in [-0.15, -0.1) is 0 Å². The fourth-order valence-electron chi connectivity index (χ4n) is 2.26. The molecular formula is C12H22N2O2S. The molecule has 1 fully saturated rings. The van der Waals surface area contributed by atoms with Crippen molar-refractivity contribution < 1.29 is 9.53 Å². The van der Waals surface area contributed by atoms with Crippen LogP contribution in [0.5, 0.6) is 0 Å². The predicted molar refractivity (Wildman–Crippen MR) is 71.8 cm³/mol. The van der Waals surface area contributed by atoms with Crippen molar-refractivity contribution in [3.63, 3.8) is 0 Å². The molecule has 2 N–H and O–H groups in total. The van der Waals surface area contributed by atoms with E-state index >= 15 is 0 Å². The normalized spacial score (nSPS) is 17.6. The molecule has 1 rings (SSSR count). The Labute approximate surface area is 108 Å². The summed E-state index contributed by atoms with van der Waals surface area (Å²) in [6.07, 6.45) is 2.20. The van der Waals surface area contributed by atoms with Gasteiger partial charge in [-0.25, -0.2) is 0 Å². The second kappa shape index (κ2) is 6.31. The van der Waals surface area contributed by atoms with Crippen LogP contribution in [0.3, 0.4) is 0 Å². The maximum absolute atomic E-state index is 12.6. The van der Waals surface area contributed by atoms with Gasteiger partial charge in [0.2, 0.25) is 5.91 Å². The molecule has 0 aromatic rings. The molecule has 1 heterocycles. The molecule has 1 aliphatic heterocycles. The van der Waals surface area contributed by atoms with Gasteiger partial charge in [-0.2, -0.15) is 0 Å². The van der Waals surface area contributed by atoms with Crippen LogP contribution in [0.25, 0.3) is 0 Å². The van der Waals surface area contributed by atoms with Crippen LogP contribution in [-0.4, -0.2) is 42.1 Å². The van der Waals surface area contributed by atoms with Crippen LogP contribution < -0.4 is 5.73 Å². The van der Waals surface area contributed by atoms with E-state index in [4.69, 9.17) is 22.7 Å². The molecule has 17 heavy (non-hydrogen) atoms. The van der Waals surface area contributed by atoms with Gasteiger partial charge in [0.15, 0.2) is 0 Å². The maximum Gasteiger partial charge on any atom is 0.235 e. The number of carbonyl (C=O) groups excluding carboxylic acids is 1. The zero-order chi connectivity index (χ0) is 12.9. The van der Waals surface area contributed by atoms with Crippen LogP contribution in [0, 0.1) is 5.41 Å². The van der Waals surface area contributed by atoms with Crippen LogP contribution >= 0.6 is 12.2 Å². The van der Waals surface area contributed by atoms with E-state index in [2.05, 4.69) is 0 Å². The minimum absolute atomic E-state index is 0.0699. The van der Waals surface area contributed by atoms with Crippen molar-refractivity contribution in [2.75, 3.05) is 26.3 Å². The van der Waals surface area contributed by atoms with Crippen LogP contribution in [0.2, 0.25) is 0 Å². The number of amides is 1. The molecule has 4 nitrogen and oxygen atoms in total. The number of thiocarbonyl (C=S) groups is 1. The summed E-state index contributed by atoms with van der Waals surface area (Å²) >= 11 is 5.11. The molecule has 0 spiro atoms. The molecular weight excluding hydrogens is 236 g/mol. The second-order valence-electron chi connectivity index (χ2n) is 4.41. The average molecular weight is 258 g/mol. The Hall–Kier alpha value is -0.680. The third-order valence-corrected chi connectivity index (χ3v) is 3.99. The van der Waals surface area contributed by atoms with Gasteiger partial charge >= 0.3 is 0 Å². The van der Waals surface area contributed by atoms with E-state index in [1.807, 2.05) is 18.7 Å². The number of hydrogen-bond acceptors (Lipinski definition) is 3. The Bertz CT molecular complexity index is 282. The number of hydrogen-bond donors (Lipinski definition) is 1. The van der Waals surface area contributed by atoms with Crippen molar-refractivity contribution in [2.45, 2.75) is 33.1 Å². The summed E-state index contributed by atoms with van der Waals surface area (Å²) in [6.45, 7) is 6.64. The highest BCUT2D eigenvalue weighted by Gasteiger charge is 2.40. The van der Waals surface area contributed by atoms with Crippen LogP contribution in [0.1, 0.15) is 33.1 Å². The van der Waals surface area contributed by atoms with E-state index in [1.54, 1.807) is 0 Å². The molecule has 0 unspecified atom stereocenters. The summed E-state index contributed by atoms with van der Waals surface area (Å²) in [4.78, 5) is 14.7. The lowest BCUT2D eigenvalue weighted by atomic mass is 9.80. The van der Waals surface area contributed by atoms with E-state index in [-0.39, 0.29) is 5.91 Å². The molecule has 0 aromatic carbocycles. The van der Waals surface area contributed by atoms with Gasteiger partial charge in [-0.05, 0) is 19.3 Å². The quantitative estimate of drug-likeness (QED) is 0.773. The largest absolute Gasteiger partial charge is 0.392 e. The van der Waals surface area contributed by atoms with Crippen LogP contribution in [0.4, 0.5) is 0 Å². The van der Waals surface area contributed by atoms with E-state index in [9.17, 15) is 4.79 Å². The topological polar surface area (TPSA) is 55.6 Å². The fraction of sp³-hybridized carbons (Fsp3) is 0.833. The molecule has 0 aliphatic carbocycles. The first-order valence-electron chi connectivity index (χ1n) is 6.25. The number of nitrogens with zero attached hydrogens (tertiary/aromatic N) is 1. The first-order chi connectivity index (χ1) is 8.08. The first kappa shape index (κ1) is 14.4. The Balaban J connectivity index is 2.86. The molecule has 0 aromatic heterocycles. The van der Waals surface area contributed by atoms with Crippen molar-refractivity contribution >= 4 is 23.1 Å². The maximum atomic E-state index is 12.6. The molecule has 0 atom stereocenters. The van der Waals surface area contributed by atoms with Gasteiger partial charge in [0.1, 0.15) is 0 Å². The summed E-state index contributed by atoms with van der Waals surface area (Å²) in [5.41, 5.74) is 5.13. The summed E-state index contributed by atoms with van der Waals surface area (Å²) in [5, 5.41) is 0. The number of nitrogens with two attached hydrogens (primary N) is 1. The zero-order valence-electron chi connectivity index (χ0n) is 10.7. The van der Waals surface area contributed by atoms with E-state index in [0.29, 0.717) is 31.0 Å². The molecule has 0 bridgehead atoms. The van der Waals surface area contributed by atoms with Gasteiger partial charge in [0, 0.05) is 19.7 Å². The smallest absolute Gasteiger partial charge is 0.235 e. The molecule has 5 heteroatoms. The van der Waals surface area contributed by atoms with Gasteiger partial charge < -0.3 is 15.4 Å². The van der Waals surface area contributed by atoms with Gasteiger partial charge in [-0.3, -0.25) is 4.79 Å². The summed E-state index contributed by atoms with van der Waals surface area (Å²) < 4.78 is 5.36. The molecule has 0 saturated carbocycles. The van der Waals surface area contributed by atoms with Gasteiger partial charge in [0.05, 0.1) is 17.0 Å². The Morgan fingerprint density at radius 1 is 1.35 bits per heavy atom. The van der Waals surface area contributed by atoms with Crippen LogP contribution in [0.15, 0.2) is 0 Å². The zero-order valence-corrected chi connectivity index (χ0v) is 11.5. The van der Waals surface area contributed by atoms with Crippen LogP contribution in [-0.2, 0) is 9.53 Å². The van der Waals surface area contributed by atoms with E-state index in [1.165, 1.54) is 0 Å². The molecule has 1 aliphatic rings. The molecule has 1 amide bonds. The lowest BCUT2D eigenvalue weighted by molar-refractivity contribution is -0.138. The Morgan fingerprint density at radius 2 is 2.00 bits per heavy atom. The van der Waals surface area contributed by atoms with Crippen molar-refractivity contribution in [2.24, 2.45) is 11.1 Å². The van der Waals surface area contributed by atoms with E-state index in [0.717, 1.165) is 19.6 Å². The Kier molecular flexibility index (Phi) is 5.33. The third kappa shape index (κ3) is 2.96. The molecule has 98 valence electrons. The van der Waals surface area contributed by atoms with E-state index < -0.39 is 5.41 Å². The van der Waals surface area contributed by atoms with Crippen molar-refractivity contribution in [3.05, 3.63) is 0 Å². The highest BCUT2D eigenvalue weighted by Crippen LogP contribution is 2.30. The fourth-order valence-corrected chi connectivity index (χ4v) is 2.63. The lowest BCUT2D eigenvalue weighted by Gasteiger charge is -2.34. The predicted octanol–water partition coefficient (Wildman–Crippen LogP) is 1.33. The SMILES string of the molecule is CCC(CC)(C(=O)N1CCCOCC1)C(N)=S. The summed E-state index contributed by atoms with van der Waals surface area (Å²) in [7, 11) is 0. The number of ether oxygens (including phenoxy) is 1. The molecule has 1 saturated heterocycles. The third-order valence-electron chi connectivity index (χ3n) is 3.60.